The summed E-state index contributed by atoms with van der Waals surface area (Å²) in [4.78, 5) is 0. The van der Waals surface area contributed by atoms with Crippen LogP contribution in [-0.2, 0) is 0 Å². The molecule has 0 aliphatic carbocycles. The molecule has 0 unspecified atom stereocenters. The molecule has 0 N–H and O–H groups in total. The Morgan fingerprint density at radius 1 is 0.611 bits per heavy atom. The molecule has 0 aliphatic rings. The summed E-state index contributed by atoms with van der Waals surface area (Å²) in [6.45, 7) is 0. The Kier molecular flexibility index (Phi) is 10.6. The van der Waals surface area contributed by atoms with Crippen LogP contribution in [0.25, 0.3) is 0 Å². The standard InChI is InChI=1S/C10H14Cl8/c11-7(5-9(13,14)15)3-1-2-4-8(12)6-10(16,17)18/h7-8H,1-6H2/t7-,8-/m1/s1. The van der Waals surface area contributed by atoms with Crippen LogP contribution >= 0.6 is 92.8 Å². The highest BCUT2D eigenvalue weighted by molar-refractivity contribution is 6.68. The van der Waals surface area contributed by atoms with Crippen LogP contribution in [-0.4, -0.2) is 18.3 Å². The van der Waals surface area contributed by atoms with Crippen molar-refractivity contribution in [1.82, 2.24) is 0 Å². The van der Waals surface area contributed by atoms with Gasteiger partial charge in [-0.1, -0.05) is 82.4 Å². The van der Waals surface area contributed by atoms with Crippen molar-refractivity contribution < 1.29 is 0 Å². The molecule has 18 heavy (non-hydrogen) atoms. The van der Waals surface area contributed by atoms with Gasteiger partial charge in [-0.2, -0.15) is 0 Å². The quantitative estimate of drug-likeness (QED) is 0.301. The van der Waals surface area contributed by atoms with E-state index in [1.807, 2.05) is 0 Å². The third-order valence-corrected chi connectivity index (χ3v) is 3.86. The molecule has 0 aromatic heterocycles. The van der Waals surface area contributed by atoms with Crippen molar-refractivity contribution in [3.8, 4) is 0 Å². The monoisotopic (exact) mass is 414 g/mol. The van der Waals surface area contributed by atoms with Crippen LogP contribution in [0, 0.1) is 0 Å². The molecule has 0 amide bonds. The van der Waals surface area contributed by atoms with Gasteiger partial charge < -0.3 is 0 Å². The van der Waals surface area contributed by atoms with E-state index in [2.05, 4.69) is 0 Å². The molecule has 2 atom stereocenters. The molecule has 0 heterocycles. The second-order valence-electron chi connectivity index (χ2n) is 4.12. The smallest absolute Gasteiger partial charge is 0.123 e. The molecule has 0 saturated carbocycles. The van der Waals surface area contributed by atoms with Crippen LogP contribution in [0.2, 0.25) is 0 Å². The van der Waals surface area contributed by atoms with Crippen molar-refractivity contribution in [2.45, 2.75) is 56.9 Å². The lowest BCUT2D eigenvalue weighted by molar-refractivity contribution is 0.580. The van der Waals surface area contributed by atoms with E-state index in [1.54, 1.807) is 0 Å². The van der Waals surface area contributed by atoms with Gasteiger partial charge in [0, 0.05) is 23.6 Å². The lowest BCUT2D eigenvalue weighted by atomic mass is 10.1. The van der Waals surface area contributed by atoms with Gasteiger partial charge in [-0.25, -0.2) is 0 Å². The van der Waals surface area contributed by atoms with E-state index in [9.17, 15) is 0 Å². The first-order chi connectivity index (χ1) is 7.99. The number of halogens is 8. The second-order valence-corrected chi connectivity index (χ2v) is 10.4. The zero-order chi connectivity index (χ0) is 14.4. The topological polar surface area (TPSA) is 0 Å². The molecule has 0 aliphatic heterocycles. The van der Waals surface area contributed by atoms with Gasteiger partial charge in [0.1, 0.15) is 0 Å². The van der Waals surface area contributed by atoms with E-state index in [1.165, 1.54) is 0 Å². The summed E-state index contributed by atoms with van der Waals surface area (Å²) < 4.78 is -2.59. The van der Waals surface area contributed by atoms with Gasteiger partial charge in [-0.3, -0.25) is 0 Å². The van der Waals surface area contributed by atoms with Gasteiger partial charge in [0.15, 0.2) is 7.59 Å². The van der Waals surface area contributed by atoms with Crippen molar-refractivity contribution in [3.63, 3.8) is 0 Å². The maximum atomic E-state index is 6.04. The fourth-order valence-corrected chi connectivity index (χ4v) is 3.80. The van der Waals surface area contributed by atoms with Crippen LogP contribution < -0.4 is 0 Å². The van der Waals surface area contributed by atoms with Crippen molar-refractivity contribution >= 4 is 92.8 Å². The SMILES string of the molecule is Cl[C@H](CCCC[C@@H](Cl)CC(Cl)(Cl)Cl)CC(Cl)(Cl)Cl. The third-order valence-electron chi connectivity index (χ3n) is 2.19. The maximum absolute atomic E-state index is 6.04. The number of unbranched alkanes of at least 4 members (excludes halogenated alkanes) is 1. The molecule has 8 heteroatoms. The highest BCUT2D eigenvalue weighted by Crippen LogP contribution is 2.35. The normalized spacial score (nSPS) is 16.7. The van der Waals surface area contributed by atoms with Crippen LogP contribution in [0.4, 0.5) is 0 Å². The van der Waals surface area contributed by atoms with Gasteiger partial charge in [-0.15, -0.1) is 23.2 Å². The molecular weight excluding hydrogens is 404 g/mol. The first-order valence-electron chi connectivity index (χ1n) is 5.41. The Morgan fingerprint density at radius 2 is 0.889 bits per heavy atom. The van der Waals surface area contributed by atoms with Gasteiger partial charge in [0.2, 0.25) is 0 Å². The fourth-order valence-electron chi connectivity index (χ4n) is 1.44. The van der Waals surface area contributed by atoms with Gasteiger partial charge in [0.25, 0.3) is 0 Å². The number of hydrogen-bond acceptors (Lipinski definition) is 0. The highest BCUT2D eigenvalue weighted by Gasteiger charge is 2.25. The number of rotatable bonds is 7. The molecule has 0 fully saturated rings. The molecule has 0 nitrogen and oxygen atoms in total. The van der Waals surface area contributed by atoms with Gasteiger partial charge >= 0.3 is 0 Å². The van der Waals surface area contributed by atoms with Crippen LogP contribution in [0.1, 0.15) is 38.5 Å². The highest BCUT2D eigenvalue weighted by atomic mass is 35.6. The summed E-state index contributed by atoms with van der Waals surface area (Å²) in [6, 6.07) is 0. The summed E-state index contributed by atoms with van der Waals surface area (Å²) in [5, 5.41) is -0.307. The maximum Gasteiger partial charge on any atom is 0.192 e. The largest absolute Gasteiger partial charge is 0.192 e. The first-order valence-corrected chi connectivity index (χ1v) is 8.55. The summed E-state index contributed by atoms with van der Waals surface area (Å²) >= 11 is 45.9. The molecule has 0 aromatic carbocycles. The van der Waals surface area contributed by atoms with E-state index in [4.69, 9.17) is 92.8 Å². The minimum atomic E-state index is -1.29. The van der Waals surface area contributed by atoms with E-state index in [-0.39, 0.29) is 10.8 Å². The minimum Gasteiger partial charge on any atom is -0.123 e. The Bertz CT molecular complexity index is 195. The molecule has 0 aromatic rings. The average molecular weight is 418 g/mol. The van der Waals surface area contributed by atoms with Crippen molar-refractivity contribution in [3.05, 3.63) is 0 Å². The van der Waals surface area contributed by atoms with E-state index in [0.717, 1.165) is 25.7 Å². The van der Waals surface area contributed by atoms with E-state index in [0.29, 0.717) is 12.8 Å². The second kappa shape index (κ2) is 9.36. The lowest BCUT2D eigenvalue weighted by Gasteiger charge is -2.17. The van der Waals surface area contributed by atoms with E-state index >= 15 is 0 Å². The Morgan fingerprint density at radius 3 is 1.11 bits per heavy atom. The van der Waals surface area contributed by atoms with Crippen molar-refractivity contribution in [2.24, 2.45) is 0 Å². The Balaban J connectivity index is 3.62. The molecule has 0 rings (SSSR count). The lowest BCUT2D eigenvalue weighted by Crippen LogP contribution is -2.13. The van der Waals surface area contributed by atoms with Gasteiger partial charge in [0.05, 0.1) is 0 Å². The van der Waals surface area contributed by atoms with Gasteiger partial charge in [-0.05, 0) is 12.8 Å². The minimum absolute atomic E-state index is 0.153. The predicted molar refractivity (Wildman–Crippen MR) is 87.6 cm³/mol. The van der Waals surface area contributed by atoms with E-state index < -0.39 is 7.59 Å². The molecule has 0 radical (unpaired) electrons. The summed E-state index contributed by atoms with van der Waals surface area (Å²) in [6.07, 6.45) is 4.00. The molecule has 0 spiro atoms. The molecule has 0 bridgehead atoms. The first kappa shape index (κ1) is 20.3. The van der Waals surface area contributed by atoms with Crippen molar-refractivity contribution in [2.75, 3.05) is 0 Å². The van der Waals surface area contributed by atoms with Crippen molar-refractivity contribution in [1.29, 1.82) is 0 Å². The zero-order valence-corrected chi connectivity index (χ0v) is 15.5. The number of hydrogen-bond donors (Lipinski definition) is 0. The molecule has 0 saturated heterocycles. The summed E-state index contributed by atoms with van der Waals surface area (Å²) in [7, 11) is 0. The van der Waals surface area contributed by atoms with Crippen LogP contribution in [0.5, 0.6) is 0 Å². The fraction of sp³-hybridized carbons (Fsp3) is 1.00. The average Bonchev–Trinajstić information content (AvgIpc) is 2.06. The Hall–Kier alpha value is 2.32. The van der Waals surface area contributed by atoms with Crippen LogP contribution in [0.3, 0.4) is 0 Å². The zero-order valence-electron chi connectivity index (χ0n) is 9.42. The van der Waals surface area contributed by atoms with Crippen LogP contribution in [0.15, 0.2) is 0 Å². The summed E-state index contributed by atoms with van der Waals surface area (Å²) in [5.74, 6) is 0. The summed E-state index contributed by atoms with van der Waals surface area (Å²) in [5.41, 5.74) is 0. The number of alkyl halides is 8. The third kappa shape index (κ3) is 14.7. The molecular formula is C10H14Cl8. The molecule has 110 valence electrons. The predicted octanol–water partition coefficient (Wildman–Crippen LogP) is 7.28. The Labute approximate surface area is 148 Å².